The molecule has 0 aliphatic heterocycles. The van der Waals surface area contributed by atoms with Gasteiger partial charge in [-0.25, -0.2) is 8.78 Å². The minimum absolute atomic E-state index is 0.215. The van der Waals surface area contributed by atoms with Crippen molar-refractivity contribution in [3.05, 3.63) is 64.9 Å². The number of nitrogen functional groups attached to an aromatic ring is 1. The summed E-state index contributed by atoms with van der Waals surface area (Å²) in [7, 11) is 1.46. The molecule has 0 saturated heterocycles. The molecule has 0 radical (unpaired) electrons. The van der Waals surface area contributed by atoms with Gasteiger partial charge in [0.2, 0.25) is 0 Å². The number of alkyl halides is 2. The fraction of sp³-hybridized carbons (Fsp3) is 0.111. The van der Waals surface area contributed by atoms with Crippen molar-refractivity contribution in [2.75, 3.05) is 11.1 Å². The van der Waals surface area contributed by atoms with Gasteiger partial charge in [0.25, 0.3) is 12.3 Å². The summed E-state index contributed by atoms with van der Waals surface area (Å²) >= 11 is 5.87. The smallest absolute Gasteiger partial charge is 0.282 e. The molecule has 27 heavy (non-hydrogen) atoms. The van der Waals surface area contributed by atoms with Crippen LogP contribution in [-0.2, 0) is 7.05 Å². The van der Waals surface area contributed by atoms with Gasteiger partial charge < -0.3 is 15.8 Å². The lowest BCUT2D eigenvalue weighted by atomic mass is 10.2. The summed E-state index contributed by atoms with van der Waals surface area (Å²) in [6.07, 6.45) is -1.63. The van der Waals surface area contributed by atoms with Gasteiger partial charge in [-0.2, -0.15) is 5.10 Å². The normalized spacial score (nSPS) is 10.9. The SMILES string of the molecule is Cn1cc(C(=O)Nc2ccccc2Oc2ccc(Cl)cc2N)c(C(F)F)n1. The molecule has 3 N–H and O–H groups in total. The van der Waals surface area contributed by atoms with E-state index in [0.29, 0.717) is 27.9 Å². The quantitative estimate of drug-likeness (QED) is 0.620. The van der Waals surface area contributed by atoms with Crippen LogP contribution in [0, 0.1) is 0 Å². The molecule has 0 unspecified atom stereocenters. The summed E-state index contributed by atoms with van der Waals surface area (Å²) in [5.74, 6) is -0.0865. The summed E-state index contributed by atoms with van der Waals surface area (Å²) < 4.78 is 33.1. The largest absolute Gasteiger partial charge is 0.453 e. The number of para-hydroxylation sites is 2. The number of ether oxygens (including phenoxy) is 1. The summed E-state index contributed by atoms with van der Waals surface area (Å²) in [5, 5.41) is 6.65. The Hall–Kier alpha value is -3.13. The standard InChI is InChI=1S/C18H15ClF2N4O2/c1-25-9-11(16(24-25)17(20)21)18(26)23-13-4-2-3-5-15(13)27-14-7-6-10(19)8-12(14)22/h2-9,17H,22H2,1H3,(H,23,26). The predicted molar refractivity (Wildman–Crippen MR) is 98.5 cm³/mol. The number of hydrogen-bond acceptors (Lipinski definition) is 4. The van der Waals surface area contributed by atoms with Crippen molar-refractivity contribution in [1.82, 2.24) is 9.78 Å². The van der Waals surface area contributed by atoms with Crippen molar-refractivity contribution in [3.63, 3.8) is 0 Å². The summed E-state index contributed by atoms with van der Waals surface area (Å²) in [6.45, 7) is 0. The summed E-state index contributed by atoms with van der Waals surface area (Å²) in [6, 6.07) is 11.3. The number of nitrogens with one attached hydrogen (secondary N) is 1. The first-order valence-electron chi connectivity index (χ1n) is 7.80. The number of benzene rings is 2. The van der Waals surface area contributed by atoms with Gasteiger partial charge in [0, 0.05) is 18.3 Å². The lowest BCUT2D eigenvalue weighted by Gasteiger charge is -2.13. The Kier molecular flexibility index (Phi) is 5.27. The number of hydrogen-bond donors (Lipinski definition) is 2. The second-order valence-corrected chi connectivity index (χ2v) is 6.07. The number of carbonyl (C=O) groups is 1. The molecule has 0 bridgehead atoms. The van der Waals surface area contributed by atoms with Gasteiger partial charge >= 0.3 is 0 Å². The lowest BCUT2D eigenvalue weighted by Crippen LogP contribution is -2.14. The van der Waals surface area contributed by atoms with Gasteiger partial charge in [0.1, 0.15) is 5.69 Å². The highest BCUT2D eigenvalue weighted by molar-refractivity contribution is 6.30. The van der Waals surface area contributed by atoms with Crippen LogP contribution in [0.25, 0.3) is 0 Å². The van der Waals surface area contributed by atoms with Crippen molar-refractivity contribution in [1.29, 1.82) is 0 Å². The van der Waals surface area contributed by atoms with Crippen molar-refractivity contribution < 1.29 is 18.3 Å². The number of anilines is 2. The molecule has 0 atom stereocenters. The van der Waals surface area contributed by atoms with Crippen LogP contribution in [0.3, 0.4) is 0 Å². The van der Waals surface area contributed by atoms with Crippen LogP contribution in [0.1, 0.15) is 22.5 Å². The number of nitrogens with zero attached hydrogens (tertiary/aromatic N) is 2. The first kappa shape index (κ1) is 18.7. The van der Waals surface area contributed by atoms with E-state index in [2.05, 4.69) is 10.4 Å². The van der Waals surface area contributed by atoms with E-state index in [-0.39, 0.29) is 5.56 Å². The van der Waals surface area contributed by atoms with E-state index in [0.717, 1.165) is 4.68 Å². The molecule has 0 saturated carbocycles. The van der Waals surface area contributed by atoms with Crippen molar-refractivity contribution in [2.45, 2.75) is 6.43 Å². The molecule has 3 rings (SSSR count). The van der Waals surface area contributed by atoms with Gasteiger partial charge in [-0.3, -0.25) is 9.48 Å². The molecule has 6 nitrogen and oxygen atoms in total. The Morgan fingerprint density at radius 3 is 2.70 bits per heavy atom. The van der Waals surface area contributed by atoms with Crippen molar-refractivity contribution in [2.24, 2.45) is 7.05 Å². The second-order valence-electron chi connectivity index (χ2n) is 5.64. The molecular weight excluding hydrogens is 378 g/mol. The van der Waals surface area contributed by atoms with Gasteiger partial charge in [0.05, 0.1) is 16.9 Å². The van der Waals surface area contributed by atoms with Crippen LogP contribution in [0.15, 0.2) is 48.7 Å². The number of aryl methyl sites for hydroxylation is 1. The molecule has 2 aromatic carbocycles. The molecule has 1 amide bonds. The molecular formula is C18H15ClF2N4O2. The molecule has 0 spiro atoms. The van der Waals surface area contributed by atoms with Crippen LogP contribution < -0.4 is 15.8 Å². The number of aromatic nitrogens is 2. The van der Waals surface area contributed by atoms with Gasteiger partial charge in [-0.1, -0.05) is 23.7 Å². The van der Waals surface area contributed by atoms with Crippen LogP contribution >= 0.6 is 11.6 Å². The molecule has 140 valence electrons. The van der Waals surface area contributed by atoms with E-state index in [1.165, 1.54) is 19.3 Å². The Morgan fingerprint density at radius 2 is 2.00 bits per heavy atom. The highest BCUT2D eigenvalue weighted by Crippen LogP contribution is 2.34. The fourth-order valence-electron chi connectivity index (χ4n) is 2.42. The maximum atomic E-state index is 13.1. The zero-order valence-corrected chi connectivity index (χ0v) is 14.9. The van der Waals surface area contributed by atoms with Crippen LogP contribution in [0.4, 0.5) is 20.2 Å². The molecule has 0 fully saturated rings. The number of halogens is 3. The van der Waals surface area contributed by atoms with E-state index in [9.17, 15) is 13.6 Å². The van der Waals surface area contributed by atoms with Gasteiger partial charge in [-0.15, -0.1) is 0 Å². The van der Waals surface area contributed by atoms with Crippen LogP contribution in [0.5, 0.6) is 11.5 Å². The monoisotopic (exact) mass is 392 g/mol. The lowest BCUT2D eigenvalue weighted by molar-refractivity contribution is 0.101. The maximum Gasteiger partial charge on any atom is 0.282 e. The van der Waals surface area contributed by atoms with E-state index < -0.39 is 18.0 Å². The van der Waals surface area contributed by atoms with Crippen molar-refractivity contribution >= 4 is 28.9 Å². The fourth-order valence-corrected chi connectivity index (χ4v) is 2.60. The van der Waals surface area contributed by atoms with Gasteiger partial charge in [-0.05, 0) is 30.3 Å². The molecule has 0 aliphatic carbocycles. The maximum absolute atomic E-state index is 13.1. The third-order valence-corrected chi connectivity index (χ3v) is 3.87. The third-order valence-electron chi connectivity index (χ3n) is 3.64. The predicted octanol–water partition coefficient (Wildman–Crippen LogP) is 4.64. The third kappa shape index (κ3) is 4.17. The van der Waals surface area contributed by atoms with Crippen molar-refractivity contribution in [3.8, 4) is 11.5 Å². The average Bonchev–Trinajstić information content (AvgIpc) is 3.01. The van der Waals surface area contributed by atoms with E-state index in [1.54, 1.807) is 36.4 Å². The van der Waals surface area contributed by atoms with Crippen LogP contribution in [-0.4, -0.2) is 15.7 Å². The number of carbonyl (C=O) groups excluding carboxylic acids is 1. The zero-order chi connectivity index (χ0) is 19.6. The van der Waals surface area contributed by atoms with Crippen LogP contribution in [0.2, 0.25) is 5.02 Å². The highest BCUT2D eigenvalue weighted by Gasteiger charge is 2.23. The first-order chi connectivity index (χ1) is 12.8. The molecule has 9 heteroatoms. The Morgan fingerprint density at radius 1 is 1.26 bits per heavy atom. The van der Waals surface area contributed by atoms with Gasteiger partial charge in [0.15, 0.2) is 11.5 Å². The first-order valence-corrected chi connectivity index (χ1v) is 8.18. The summed E-state index contributed by atoms with van der Waals surface area (Å²) in [5.41, 5.74) is 5.68. The molecule has 0 aliphatic rings. The minimum atomic E-state index is -2.87. The summed E-state index contributed by atoms with van der Waals surface area (Å²) in [4.78, 5) is 12.5. The van der Waals surface area contributed by atoms with E-state index in [4.69, 9.17) is 22.1 Å². The average molecular weight is 393 g/mol. The second kappa shape index (κ2) is 7.63. The number of amides is 1. The zero-order valence-electron chi connectivity index (χ0n) is 14.1. The minimum Gasteiger partial charge on any atom is -0.453 e. The topological polar surface area (TPSA) is 82.2 Å². The molecule has 1 aromatic heterocycles. The number of rotatable bonds is 5. The van der Waals surface area contributed by atoms with E-state index in [1.807, 2.05) is 0 Å². The number of nitrogens with two attached hydrogens (primary N) is 1. The Bertz CT molecular complexity index is 991. The molecule has 3 aromatic rings. The highest BCUT2D eigenvalue weighted by atomic mass is 35.5. The molecule has 1 heterocycles. The van der Waals surface area contributed by atoms with E-state index >= 15 is 0 Å². The Balaban J connectivity index is 1.87. The Labute approximate surface area is 158 Å².